The summed E-state index contributed by atoms with van der Waals surface area (Å²) < 4.78 is 5.70. The van der Waals surface area contributed by atoms with Crippen LogP contribution in [0.2, 0.25) is 0 Å². The van der Waals surface area contributed by atoms with Gasteiger partial charge in [-0.05, 0) is 35.7 Å². The second-order valence-electron chi connectivity index (χ2n) is 4.69. The minimum absolute atomic E-state index is 0.427. The van der Waals surface area contributed by atoms with Gasteiger partial charge in [-0.25, -0.2) is 0 Å². The molecule has 1 heterocycles. The quantitative estimate of drug-likeness (QED) is 0.638. The van der Waals surface area contributed by atoms with Crippen LogP contribution in [0.1, 0.15) is 31.0 Å². The highest BCUT2D eigenvalue weighted by molar-refractivity contribution is 5.41. The van der Waals surface area contributed by atoms with Crippen molar-refractivity contribution in [2.45, 2.75) is 26.4 Å². The molecule has 3 N–H and O–H groups in total. The smallest absolute Gasteiger partial charge is 0.130 e. The highest BCUT2D eigenvalue weighted by Gasteiger charge is 2.01. The van der Waals surface area contributed by atoms with E-state index in [1.54, 1.807) is 12.3 Å². The summed E-state index contributed by atoms with van der Waals surface area (Å²) in [5.41, 5.74) is 5.55. The molecule has 4 nitrogen and oxygen atoms in total. The summed E-state index contributed by atoms with van der Waals surface area (Å²) in [6, 6.07) is 11.8. The van der Waals surface area contributed by atoms with Gasteiger partial charge in [0.25, 0.3) is 0 Å². The van der Waals surface area contributed by atoms with Crippen molar-refractivity contribution in [1.82, 2.24) is 4.98 Å². The molecule has 0 fully saturated rings. The maximum atomic E-state index is 5.70. The molecule has 0 radical (unpaired) electrons. The zero-order chi connectivity index (χ0) is 13.7. The largest absolute Gasteiger partial charge is 0.487 e. The van der Waals surface area contributed by atoms with Crippen LogP contribution in [0.5, 0.6) is 5.75 Å². The number of nitrogens with zero attached hydrogens (tertiary/aromatic N) is 1. The van der Waals surface area contributed by atoms with Crippen molar-refractivity contribution in [1.29, 1.82) is 0 Å². The van der Waals surface area contributed by atoms with Gasteiger partial charge in [0.05, 0.1) is 11.4 Å². The Morgan fingerprint density at radius 1 is 1.21 bits per heavy atom. The van der Waals surface area contributed by atoms with Gasteiger partial charge in [-0.1, -0.05) is 26.0 Å². The lowest BCUT2D eigenvalue weighted by Crippen LogP contribution is -2.08. The lowest BCUT2D eigenvalue weighted by atomic mass is 10.0. The molecule has 0 atom stereocenters. The molecule has 0 amide bonds. The fourth-order valence-electron chi connectivity index (χ4n) is 1.75. The molecule has 2 aromatic rings. The number of nitrogen functional groups attached to an aromatic ring is 1. The fourth-order valence-corrected chi connectivity index (χ4v) is 1.75. The molecule has 0 aliphatic heterocycles. The lowest BCUT2D eigenvalue weighted by molar-refractivity contribution is 0.301. The summed E-state index contributed by atoms with van der Waals surface area (Å²) in [6.45, 7) is 4.77. The number of nitrogens with two attached hydrogens (primary N) is 1. The van der Waals surface area contributed by atoms with E-state index >= 15 is 0 Å². The third-order valence-corrected chi connectivity index (χ3v) is 2.92. The van der Waals surface area contributed by atoms with Crippen LogP contribution in [-0.4, -0.2) is 4.98 Å². The second kappa shape index (κ2) is 6.20. The molecule has 0 bridgehead atoms. The van der Waals surface area contributed by atoms with Gasteiger partial charge in [0.15, 0.2) is 0 Å². The first-order valence-corrected chi connectivity index (χ1v) is 6.33. The van der Waals surface area contributed by atoms with Gasteiger partial charge >= 0.3 is 0 Å². The molecular formula is C15H19N3O. The van der Waals surface area contributed by atoms with E-state index in [0.29, 0.717) is 12.5 Å². The van der Waals surface area contributed by atoms with Gasteiger partial charge in [0, 0.05) is 6.20 Å². The standard InChI is InChI=1S/C15H19N3O/c1-11(2)12-3-5-15(6-4-12)19-10-14-9-13(18-16)7-8-17-14/h3-9,11H,10,16H2,1-2H3,(H,17,18). The third-order valence-electron chi connectivity index (χ3n) is 2.92. The van der Waals surface area contributed by atoms with Crippen LogP contribution < -0.4 is 16.0 Å². The third kappa shape index (κ3) is 3.69. The maximum Gasteiger partial charge on any atom is 0.130 e. The summed E-state index contributed by atoms with van der Waals surface area (Å²) in [7, 11) is 0. The number of rotatable bonds is 5. The van der Waals surface area contributed by atoms with Crippen LogP contribution in [-0.2, 0) is 6.61 Å². The van der Waals surface area contributed by atoms with Gasteiger partial charge < -0.3 is 10.2 Å². The average Bonchev–Trinajstić information content (AvgIpc) is 2.46. The van der Waals surface area contributed by atoms with Crippen molar-refractivity contribution in [3.8, 4) is 5.75 Å². The molecule has 0 saturated carbocycles. The van der Waals surface area contributed by atoms with Crippen LogP contribution in [0.4, 0.5) is 5.69 Å². The van der Waals surface area contributed by atoms with Crippen molar-refractivity contribution in [3.05, 3.63) is 53.9 Å². The van der Waals surface area contributed by atoms with Crippen molar-refractivity contribution in [3.63, 3.8) is 0 Å². The predicted octanol–water partition coefficient (Wildman–Crippen LogP) is 3.07. The zero-order valence-electron chi connectivity index (χ0n) is 11.3. The van der Waals surface area contributed by atoms with Gasteiger partial charge in [-0.15, -0.1) is 0 Å². The van der Waals surface area contributed by atoms with Crippen molar-refractivity contribution < 1.29 is 4.74 Å². The minimum atomic E-state index is 0.427. The monoisotopic (exact) mass is 257 g/mol. The van der Waals surface area contributed by atoms with Crippen LogP contribution in [0, 0.1) is 0 Å². The minimum Gasteiger partial charge on any atom is -0.487 e. The number of benzene rings is 1. The molecular weight excluding hydrogens is 238 g/mol. The molecule has 19 heavy (non-hydrogen) atoms. The van der Waals surface area contributed by atoms with Gasteiger partial charge in [0.1, 0.15) is 12.4 Å². The summed E-state index contributed by atoms with van der Waals surface area (Å²) in [4.78, 5) is 4.23. The molecule has 4 heteroatoms. The Kier molecular flexibility index (Phi) is 4.36. The summed E-state index contributed by atoms with van der Waals surface area (Å²) in [5.74, 6) is 6.73. The summed E-state index contributed by atoms with van der Waals surface area (Å²) >= 11 is 0. The van der Waals surface area contributed by atoms with Crippen molar-refractivity contribution in [2.24, 2.45) is 5.84 Å². The van der Waals surface area contributed by atoms with Gasteiger partial charge in [0.2, 0.25) is 0 Å². The van der Waals surface area contributed by atoms with E-state index in [1.165, 1.54) is 5.56 Å². The number of anilines is 1. The average molecular weight is 257 g/mol. The number of hydrogen-bond donors (Lipinski definition) is 2. The summed E-state index contributed by atoms with van der Waals surface area (Å²) in [5, 5.41) is 0. The molecule has 100 valence electrons. The van der Waals surface area contributed by atoms with Crippen molar-refractivity contribution >= 4 is 5.69 Å². The molecule has 0 saturated heterocycles. The Hall–Kier alpha value is -2.07. The molecule has 1 aromatic carbocycles. The lowest BCUT2D eigenvalue weighted by Gasteiger charge is -2.09. The maximum absolute atomic E-state index is 5.70. The molecule has 0 unspecified atom stereocenters. The molecule has 0 spiro atoms. The topological polar surface area (TPSA) is 60.2 Å². The second-order valence-corrected chi connectivity index (χ2v) is 4.69. The van der Waals surface area contributed by atoms with E-state index in [9.17, 15) is 0 Å². The first-order chi connectivity index (χ1) is 9.19. The Labute approximate surface area is 113 Å². The fraction of sp³-hybridized carbons (Fsp3) is 0.267. The van der Waals surface area contributed by atoms with E-state index in [0.717, 1.165) is 17.1 Å². The number of aromatic nitrogens is 1. The Morgan fingerprint density at radius 3 is 2.58 bits per heavy atom. The van der Waals surface area contributed by atoms with Crippen molar-refractivity contribution in [2.75, 3.05) is 5.43 Å². The number of pyridine rings is 1. The molecule has 0 aliphatic carbocycles. The van der Waals surface area contributed by atoms with E-state index < -0.39 is 0 Å². The molecule has 2 rings (SSSR count). The zero-order valence-corrected chi connectivity index (χ0v) is 11.3. The SMILES string of the molecule is CC(C)c1ccc(OCc2cc(NN)ccn2)cc1. The van der Waals surface area contributed by atoms with E-state index in [-0.39, 0.29) is 0 Å². The Morgan fingerprint density at radius 2 is 1.95 bits per heavy atom. The first kappa shape index (κ1) is 13.4. The van der Waals surface area contributed by atoms with Crippen LogP contribution in [0.25, 0.3) is 0 Å². The molecule has 0 aliphatic rings. The number of hydrazine groups is 1. The summed E-state index contributed by atoms with van der Waals surface area (Å²) in [6.07, 6.45) is 1.70. The number of hydrogen-bond acceptors (Lipinski definition) is 4. The Bertz CT molecular complexity index is 523. The highest BCUT2D eigenvalue weighted by atomic mass is 16.5. The van der Waals surface area contributed by atoms with E-state index in [2.05, 4.69) is 36.4 Å². The van der Waals surface area contributed by atoms with E-state index in [4.69, 9.17) is 10.6 Å². The van der Waals surface area contributed by atoms with Gasteiger partial charge in [-0.2, -0.15) is 0 Å². The van der Waals surface area contributed by atoms with Crippen LogP contribution in [0.3, 0.4) is 0 Å². The highest BCUT2D eigenvalue weighted by Crippen LogP contribution is 2.19. The predicted molar refractivity (Wildman–Crippen MR) is 76.9 cm³/mol. The first-order valence-electron chi connectivity index (χ1n) is 6.33. The van der Waals surface area contributed by atoms with Crippen LogP contribution in [0.15, 0.2) is 42.6 Å². The molecule has 1 aromatic heterocycles. The Balaban J connectivity index is 1.98. The van der Waals surface area contributed by atoms with E-state index in [1.807, 2.05) is 18.2 Å². The van der Waals surface area contributed by atoms with Crippen LogP contribution >= 0.6 is 0 Å². The normalized spacial score (nSPS) is 10.5. The van der Waals surface area contributed by atoms with Gasteiger partial charge in [-0.3, -0.25) is 10.8 Å². The number of nitrogens with one attached hydrogen (secondary N) is 1. The number of ether oxygens (including phenoxy) is 1.